The molecule has 0 aromatic carbocycles. The molecule has 0 aliphatic heterocycles. The number of rotatable bonds is 3. The molecule has 0 radical (unpaired) electrons. The first-order chi connectivity index (χ1) is 10.6. The lowest BCUT2D eigenvalue weighted by Crippen LogP contribution is -2.45. The first kappa shape index (κ1) is 21.5. The van der Waals surface area contributed by atoms with Gasteiger partial charge in [-0.3, -0.25) is 20.2 Å². The Morgan fingerprint density at radius 2 is 0.958 bits per heavy atom. The van der Waals surface area contributed by atoms with Gasteiger partial charge in [-0.2, -0.15) is 26.3 Å². The summed E-state index contributed by atoms with van der Waals surface area (Å²) < 4.78 is 79.8. The molecule has 0 aromatic heterocycles. The lowest BCUT2D eigenvalue weighted by Gasteiger charge is -2.20. The second-order valence-electron chi connectivity index (χ2n) is 4.12. The minimum Gasteiger partial charge on any atom is -0.442 e. The maximum Gasteiger partial charge on any atom is 0.471 e. The molecule has 0 saturated carbocycles. The first-order valence-electron chi connectivity index (χ1n) is 5.82. The zero-order valence-corrected chi connectivity index (χ0v) is 11.9. The Morgan fingerprint density at radius 1 is 0.708 bits per heavy atom. The molecule has 24 heavy (non-hydrogen) atoms. The molecule has 0 aromatic rings. The zero-order chi connectivity index (χ0) is 19.3. The van der Waals surface area contributed by atoms with E-state index in [-0.39, 0.29) is 0 Å². The Bertz CT molecular complexity index is 471. The Balaban J connectivity index is 4.45. The highest BCUT2D eigenvalue weighted by molar-refractivity contribution is 5.95. The molecule has 4 amide bonds. The summed E-state index contributed by atoms with van der Waals surface area (Å²) in [5.41, 5.74) is 0. The van der Waals surface area contributed by atoms with Crippen molar-refractivity contribution in [1.82, 2.24) is 10.6 Å². The summed E-state index contributed by atoms with van der Waals surface area (Å²) in [5, 5.41) is 1.65. The van der Waals surface area contributed by atoms with E-state index in [2.05, 4.69) is 9.47 Å². The van der Waals surface area contributed by atoms with Gasteiger partial charge in [0, 0.05) is 0 Å². The molecule has 0 unspecified atom stereocenters. The van der Waals surface area contributed by atoms with Crippen molar-refractivity contribution in [1.29, 1.82) is 0 Å². The van der Waals surface area contributed by atoms with Crippen molar-refractivity contribution in [2.45, 2.75) is 38.4 Å². The molecule has 2 N–H and O–H groups in total. The normalized spacial score (nSPS) is 14.2. The number of ether oxygens (including phenoxy) is 2. The SMILES string of the molecule is C[C@H](OC(=O)NC(=O)C(F)(F)F)[C@H](C)OC(=O)NC(=O)C(F)(F)F. The predicted octanol–water partition coefficient (Wildman–Crippen LogP) is 1.39. The lowest BCUT2D eigenvalue weighted by atomic mass is 10.2. The molecule has 0 spiro atoms. The van der Waals surface area contributed by atoms with Crippen molar-refractivity contribution >= 4 is 24.0 Å². The van der Waals surface area contributed by atoms with E-state index in [0.717, 1.165) is 24.5 Å². The van der Waals surface area contributed by atoms with Crippen molar-refractivity contribution < 1.29 is 55.0 Å². The monoisotopic (exact) mass is 368 g/mol. The number of hydrogen-bond donors (Lipinski definition) is 2. The van der Waals surface area contributed by atoms with Gasteiger partial charge in [-0.15, -0.1) is 0 Å². The summed E-state index contributed by atoms with van der Waals surface area (Å²) in [6, 6.07) is 0. The molecule has 0 aliphatic carbocycles. The number of alkyl halides is 6. The van der Waals surface area contributed by atoms with Crippen molar-refractivity contribution in [3.63, 3.8) is 0 Å². The van der Waals surface area contributed by atoms with E-state index in [0.29, 0.717) is 0 Å². The molecular formula is C10H10F6N2O6. The minimum absolute atomic E-state index is 0.827. The highest BCUT2D eigenvalue weighted by Gasteiger charge is 2.41. The van der Waals surface area contributed by atoms with Crippen LogP contribution in [0.2, 0.25) is 0 Å². The summed E-state index contributed by atoms with van der Waals surface area (Å²) in [6.45, 7) is 2.00. The molecule has 0 heterocycles. The molecule has 14 heteroatoms. The second kappa shape index (κ2) is 7.83. The van der Waals surface area contributed by atoms with Gasteiger partial charge in [0.25, 0.3) is 0 Å². The van der Waals surface area contributed by atoms with Gasteiger partial charge in [-0.25, -0.2) is 9.59 Å². The van der Waals surface area contributed by atoms with E-state index in [4.69, 9.17) is 0 Å². The van der Waals surface area contributed by atoms with Gasteiger partial charge in [-0.05, 0) is 13.8 Å². The lowest BCUT2D eigenvalue weighted by molar-refractivity contribution is -0.173. The highest BCUT2D eigenvalue weighted by atomic mass is 19.4. The van der Waals surface area contributed by atoms with Gasteiger partial charge in [0.15, 0.2) is 0 Å². The van der Waals surface area contributed by atoms with Crippen LogP contribution in [0.15, 0.2) is 0 Å². The van der Waals surface area contributed by atoms with Crippen LogP contribution in [0.5, 0.6) is 0 Å². The van der Waals surface area contributed by atoms with Crippen LogP contribution in [0.1, 0.15) is 13.8 Å². The smallest absolute Gasteiger partial charge is 0.442 e. The van der Waals surface area contributed by atoms with Gasteiger partial charge >= 0.3 is 36.4 Å². The van der Waals surface area contributed by atoms with Crippen LogP contribution in [0, 0.1) is 0 Å². The predicted molar refractivity (Wildman–Crippen MR) is 60.3 cm³/mol. The number of carbonyl (C=O) groups excluding carboxylic acids is 4. The van der Waals surface area contributed by atoms with Gasteiger partial charge in [0.05, 0.1) is 0 Å². The van der Waals surface area contributed by atoms with Crippen LogP contribution in [-0.4, -0.2) is 48.6 Å². The molecule has 138 valence electrons. The van der Waals surface area contributed by atoms with Crippen LogP contribution in [-0.2, 0) is 19.1 Å². The van der Waals surface area contributed by atoms with Crippen LogP contribution < -0.4 is 10.6 Å². The van der Waals surface area contributed by atoms with Crippen LogP contribution in [0.4, 0.5) is 35.9 Å². The molecule has 0 saturated heterocycles. The van der Waals surface area contributed by atoms with Gasteiger partial charge < -0.3 is 9.47 Å². The van der Waals surface area contributed by atoms with E-state index in [9.17, 15) is 45.5 Å². The van der Waals surface area contributed by atoms with Gasteiger partial charge in [0.2, 0.25) is 0 Å². The number of halogens is 6. The fourth-order valence-corrected chi connectivity index (χ4v) is 0.915. The molecule has 0 aliphatic rings. The number of nitrogens with one attached hydrogen (secondary N) is 2. The summed E-state index contributed by atoms with van der Waals surface area (Å²) in [5.74, 6) is -5.22. The Morgan fingerprint density at radius 3 is 1.17 bits per heavy atom. The van der Waals surface area contributed by atoms with Crippen molar-refractivity contribution in [3.05, 3.63) is 0 Å². The summed E-state index contributed by atoms with van der Waals surface area (Å²) in [6.07, 6.45) is -17.3. The van der Waals surface area contributed by atoms with Gasteiger partial charge in [-0.1, -0.05) is 0 Å². The van der Waals surface area contributed by atoms with Crippen molar-refractivity contribution in [2.24, 2.45) is 0 Å². The Kier molecular flexibility index (Phi) is 7.00. The number of carbonyl (C=O) groups is 4. The van der Waals surface area contributed by atoms with Crippen LogP contribution >= 0.6 is 0 Å². The van der Waals surface area contributed by atoms with E-state index >= 15 is 0 Å². The number of amides is 4. The molecule has 8 nitrogen and oxygen atoms in total. The van der Waals surface area contributed by atoms with Gasteiger partial charge in [0.1, 0.15) is 12.2 Å². The highest BCUT2D eigenvalue weighted by Crippen LogP contribution is 2.15. The quantitative estimate of drug-likeness (QED) is 0.729. The first-order valence-corrected chi connectivity index (χ1v) is 5.82. The fourth-order valence-electron chi connectivity index (χ4n) is 0.915. The average Bonchev–Trinajstić information content (AvgIpc) is 2.35. The maximum absolute atomic E-state index is 11.9. The third kappa shape index (κ3) is 7.64. The van der Waals surface area contributed by atoms with E-state index < -0.39 is 48.6 Å². The van der Waals surface area contributed by atoms with E-state index in [1.165, 1.54) is 0 Å². The fraction of sp³-hybridized carbons (Fsp3) is 0.600. The average molecular weight is 368 g/mol. The second-order valence-corrected chi connectivity index (χ2v) is 4.12. The third-order valence-corrected chi connectivity index (χ3v) is 2.19. The Labute approximate surface area is 129 Å². The summed E-state index contributed by atoms with van der Waals surface area (Å²) in [7, 11) is 0. The molecule has 2 atom stereocenters. The standard InChI is InChI=1S/C10H10F6N2O6/c1-3(23-7(21)17-5(19)9(11,12)13)4(2)24-8(22)18-6(20)10(14,15)16/h3-4H,1-2H3,(H,17,19,21)(H,18,20,22)/t3-,4-/m0/s1. The minimum atomic E-state index is -5.35. The van der Waals surface area contributed by atoms with E-state index in [1.807, 2.05) is 0 Å². The molecule has 0 fully saturated rings. The van der Waals surface area contributed by atoms with E-state index in [1.54, 1.807) is 0 Å². The molecular weight excluding hydrogens is 358 g/mol. The summed E-state index contributed by atoms with van der Waals surface area (Å²) >= 11 is 0. The largest absolute Gasteiger partial charge is 0.471 e. The number of hydrogen-bond acceptors (Lipinski definition) is 6. The van der Waals surface area contributed by atoms with Crippen LogP contribution in [0.25, 0.3) is 0 Å². The Hall–Kier alpha value is -2.54. The molecule has 0 bridgehead atoms. The van der Waals surface area contributed by atoms with Crippen molar-refractivity contribution in [2.75, 3.05) is 0 Å². The topological polar surface area (TPSA) is 111 Å². The van der Waals surface area contributed by atoms with Crippen LogP contribution in [0.3, 0.4) is 0 Å². The molecule has 0 rings (SSSR count). The third-order valence-electron chi connectivity index (χ3n) is 2.19. The summed E-state index contributed by atoms with van der Waals surface area (Å²) in [4.78, 5) is 42.9. The zero-order valence-electron chi connectivity index (χ0n) is 11.9. The van der Waals surface area contributed by atoms with Crippen molar-refractivity contribution in [3.8, 4) is 0 Å². The number of alkyl carbamates (subject to hydrolysis) is 2. The number of imide groups is 2. The maximum atomic E-state index is 11.9.